The number of aliphatic hydroxyl groups is 1. The highest BCUT2D eigenvalue weighted by Gasteiger charge is 2.44. The number of carbonyl (C=O) groups excluding carboxylic acids is 2. The molecule has 0 radical (unpaired) electrons. The Morgan fingerprint density at radius 1 is 1.17 bits per heavy atom. The summed E-state index contributed by atoms with van der Waals surface area (Å²) in [5.41, 5.74) is 8.96. The van der Waals surface area contributed by atoms with Crippen LogP contribution in [0.25, 0.3) is 27.3 Å². The molecule has 4 aromatic rings. The van der Waals surface area contributed by atoms with Crippen LogP contribution in [0.5, 0.6) is 0 Å². The first-order valence-corrected chi connectivity index (χ1v) is 9.62. The van der Waals surface area contributed by atoms with Gasteiger partial charge in [-0.1, -0.05) is 13.8 Å². The zero-order valence-corrected chi connectivity index (χ0v) is 16.1. The Morgan fingerprint density at radius 2 is 1.97 bits per heavy atom. The SMILES string of the molecule is CCc1c2cc(N)ccc2nc2c1cn1cc3c(cc21)[C@@](O)(CC)C(=O)NC3=O. The smallest absolute Gasteiger partial charge is 0.263 e. The summed E-state index contributed by atoms with van der Waals surface area (Å²) in [6.07, 6.45) is 4.54. The number of aromatic nitrogens is 2. The van der Waals surface area contributed by atoms with E-state index in [-0.39, 0.29) is 12.0 Å². The van der Waals surface area contributed by atoms with E-state index in [1.165, 1.54) is 0 Å². The molecule has 29 heavy (non-hydrogen) atoms. The molecule has 4 heterocycles. The fraction of sp³-hybridized carbons (Fsp3) is 0.227. The predicted molar refractivity (Wildman–Crippen MR) is 111 cm³/mol. The van der Waals surface area contributed by atoms with Gasteiger partial charge in [0.1, 0.15) is 0 Å². The van der Waals surface area contributed by atoms with Gasteiger partial charge < -0.3 is 15.2 Å². The van der Waals surface area contributed by atoms with E-state index in [9.17, 15) is 14.7 Å². The summed E-state index contributed by atoms with van der Waals surface area (Å²) in [7, 11) is 0. The maximum absolute atomic E-state index is 12.4. The molecule has 0 spiro atoms. The largest absolute Gasteiger partial charge is 0.399 e. The van der Waals surface area contributed by atoms with Crippen molar-refractivity contribution in [2.45, 2.75) is 32.3 Å². The molecule has 0 saturated carbocycles. The number of anilines is 1. The van der Waals surface area contributed by atoms with Gasteiger partial charge in [0.15, 0.2) is 5.60 Å². The van der Waals surface area contributed by atoms with Gasteiger partial charge in [-0.25, -0.2) is 4.98 Å². The molecule has 7 heteroatoms. The summed E-state index contributed by atoms with van der Waals surface area (Å²) in [5, 5.41) is 15.2. The highest BCUT2D eigenvalue weighted by molar-refractivity contribution is 6.13. The van der Waals surface area contributed by atoms with Crippen LogP contribution in [-0.4, -0.2) is 26.3 Å². The second-order valence-electron chi connectivity index (χ2n) is 7.50. The number of imide groups is 1. The fourth-order valence-electron chi connectivity index (χ4n) is 4.35. The number of benzene rings is 1. The number of fused-ring (bicyclic) bond motifs is 5. The third kappa shape index (κ3) is 2.25. The topological polar surface area (TPSA) is 110 Å². The molecule has 5 rings (SSSR count). The van der Waals surface area contributed by atoms with E-state index in [0.29, 0.717) is 11.3 Å². The Kier molecular flexibility index (Phi) is 3.51. The average Bonchev–Trinajstić information content (AvgIpc) is 3.06. The maximum atomic E-state index is 12.4. The second-order valence-corrected chi connectivity index (χ2v) is 7.50. The van der Waals surface area contributed by atoms with Crippen molar-refractivity contribution in [2.75, 3.05) is 5.73 Å². The van der Waals surface area contributed by atoms with Crippen molar-refractivity contribution >= 4 is 44.8 Å². The molecule has 4 N–H and O–H groups in total. The first kappa shape index (κ1) is 17.6. The summed E-state index contributed by atoms with van der Waals surface area (Å²) in [6.45, 7) is 3.79. The van der Waals surface area contributed by atoms with Gasteiger partial charge in [0.2, 0.25) is 0 Å². The lowest BCUT2D eigenvalue weighted by Gasteiger charge is -2.31. The maximum Gasteiger partial charge on any atom is 0.263 e. The fourth-order valence-corrected chi connectivity index (χ4v) is 4.35. The minimum atomic E-state index is -1.75. The number of nitrogens with one attached hydrogen (secondary N) is 1. The molecule has 0 saturated heterocycles. The van der Waals surface area contributed by atoms with Crippen molar-refractivity contribution in [2.24, 2.45) is 0 Å². The van der Waals surface area contributed by atoms with Crippen LogP contribution in [0.2, 0.25) is 0 Å². The minimum Gasteiger partial charge on any atom is -0.399 e. The Balaban J connectivity index is 1.93. The first-order chi connectivity index (χ1) is 13.9. The van der Waals surface area contributed by atoms with Crippen molar-refractivity contribution in [1.82, 2.24) is 14.7 Å². The van der Waals surface area contributed by atoms with Crippen LogP contribution in [0.15, 0.2) is 36.7 Å². The predicted octanol–water partition coefficient (Wildman–Crippen LogP) is 2.65. The van der Waals surface area contributed by atoms with Crippen molar-refractivity contribution in [3.8, 4) is 0 Å². The third-order valence-corrected chi connectivity index (χ3v) is 5.94. The van der Waals surface area contributed by atoms with Gasteiger partial charge in [-0.3, -0.25) is 14.9 Å². The molecule has 1 atom stereocenters. The molecule has 0 bridgehead atoms. The van der Waals surface area contributed by atoms with E-state index in [1.807, 2.05) is 28.8 Å². The Bertz CT molecular complexity index is 1370. The monoisotopic (exact) mass is 388 g/mol. The van der Waals surface area contributed by atoms with Crippen molar-refractivity contribution in [1.29, 1.82) is 0 Å². The average molecular weight is 388 g/mol. The molecule has 1 aliphatic rings. The number of nitrogens with zero attached hydrogens (tertiary/aromatic N) is 2. The Labute approximate surface area is 166 Å². The number of amides is 2. The van der Waals surface area contributed by atoms with Crippen molar-refractivity contribution in [3.05, 3.63) is 53.3 Å². The number of aryl methyl sites for hydroxylation is 1. The van der Waals surface area contributed by atoms with E-state index < -0.39 is 17.4 Å². The van der Waals surface area contributed by atoms with Crippen LogP contribution < -0.4 is 11.1 Å². The summed E-state index contributed by atoms with van der Waals surface area (Å²) >= 11 is 0. The van der Waals surface area contributed by atoms with Gasteiger partial charge >= 0.3 is 0 Å². The molecule has 0 aliphatic carbocycles. The number of rotatable bonds is 2. The highest BCUT2D eigenvalue weighted by Crippen LogP contribution is 2.36. The standard InChI is InChI=1S/C22H20N4O3/c1-3-12-13-7-11(23)5-6-17(13)24-19-14(12)9-26-10-15-16(8-18(19)26)22(29,4-2)21(28)25-20(15)27/h5-10,29H,3-4,23H2,1-2H3,(H,25,27,28)/t22-/m0/s1. The van der Waals surface area contributed by atoms with Crippen LogP contribution in [0.3, 0.4) is 0 Å². The van der Waals surface area contributed by atoms with Gasteiger partial charge in [0.05, 0.1) is 22.1 Å². The van der Waals surface area contributed by atoms with E-state index in [0.717, 1.165) is 39.3 Å². The molecule has 0 unspecified atom stereocenters. The molecule has 1 aliphatic heterocycles. The molecule has 3 aromatic heterocycles. The Morgan fingerprint density at radius 3 is 2.69 bits per heavy atom. The molecule has 7 nitrogen and oxygen atoms in total. The zero-order valence-electron chi connectivity index (χ0n) is 16.1. The second kappa shape index (κ2) is 5.78. The van der Waals surface area contributed by atoms with Gasteiger partial charge in [-0.05, 0) is 42.7 Å². The van der Waals surface area contributed by atoms with Gasteiger partial charge in [0.25, 0.3) is 11.8 Å². The molecule has 146 valence electrons. The molecule has 0 fully saturated rings. The zero-order chi connectivity index (χ0) is 20.5. The summed E-state index contributed by atoms with van der Waals surface area (Å²) in [6, 6.07) is 7.35. The molecule has 1 aromatic carbocycles. The molecular weight excluding hydrogens is 368 g/mol. The van der Waals surface area contributed by atoms with Crippen LogP contribution >= 0.6 is 0 Å². The lowest BCUT2D eigenvalue weighted by Crippen LogP contribution is -2.51. The number of pyridine rings is 2. The molecular formula is C22H20N4O3. The van der Waals surface area contributed by atoms with Gasteiger partial charge in [-0.2, -0.15) is 0 Å². The van der Waals surface area contributed by atoms with Gasteiger partial charge in [0, 0.05) is 34.4 Å². The summed E-state index contributed by atoms with van der Waals surface area (Å²) < 4.78 is 1.84. The quantitative estimate of drug-likeness (QED) is 0.361. The summed E-state index contributed by atoms with van der Waals surface area (Å²) in [5.74, 6) is -1.20. The van der Waals surface area contributed by atoms with Crippen molar-refractivity contribution in [3.63, 3.8) is 0 Å². The van der Waals surface area contributed by atoms with E-state index in [4.69, 9.17) is 10.7 Å². The summed E-state index contributed by atoms with van der Waals surface area (Å²) in [4.78, 5) is 29.6. The lowest BCUT2D eigenvalue weighted by molar-refractivity contribution is -0.140. The first-order valence-electron chi connectivity index (χ1n) is 9.62. The van der Waals surface area contributed by atoms with E-state index >= 15 is 0 Å². The number of nitrogens with two attached hydrogens (primary N) is 1. The van der Waals surface area contributed by atoms with E-state index in [2.05, 4.69) is 12.2 Å². The lowest BCUT2D eigenvalue weighted by atomic mass is 9.84. The van der Waals surface area contributed by atoms with Crippen LogP contribution in [0.4, 0.5) is 5.69 Å². The minimum absolute atomic E-state index is 0.157. The number of nitrogen functional groups attached to an aromatic ring is 1. The normalized spacial score (nSPS) is 19.1. The third-order valence-electron chi connectivity index (χ3n) is 5.94. The van der Waals surface area contributed by atoms with Crippen LogP contribution in [0.1, 0.15) is 41.8 Å². The highest BCUT2D eigenvalue weighted by atomic mass is 16.3. The van der Waals surface area contributed by atoms with E-state index in [1.54, 1.807) is 19.2 Å². The van der Waals surface area contributed by atoms with Crippen LogP contribution in [-0.2, 0) is 16.8 Å². The number of hydrogen-bond acceptors (Lipinski definition) is 5. The van der Waals surface area contributed by atoms with Crippen LogP contribution in [0, 0.1) is 0 Å². The number of carbonyl (C=O) groups is 2. The molecule has 2 amide bonds. The van der Waals surface area contributed by atoms with Gasteiger partial charge in [-0.15, -0.1) is 0 Å². The number of hydrogen-bond donors (Lipinski definition) is 3. The Hall–Kier alpha value is -3.45. The van der Waals surface area contributed by atoms with Crippen molar-refractivity contribution < 1.29 is 14.7 Å².